The normalized spacial score (nSPS) is 15.4. The largest absolute Gasteiger partial charge is 0.324 e. The summed E-state index contributed by atoms with van der Waals surface area (Å²) in [7, 11) is 2.20. The molecule has 2 aromatic carbocycles. The summed E-state index contributed by atoms with van der Waals surface area (Å²) < 4.78 is 1.93. The number of nitrogens with one attached hydrogen (secondary N) is 1. The molecule has 158 valence electrons. The van der Waals surface area contributed by atoms with Gasteiger partial charge in [-0.25, -0.2) is 9.97 Å². The Kier molecular flexibility index (Phi) is 5.38. The summed E-state index contributed by atoms with van der Waals surface area (Å²) in [5.74, 6) is 1.28. The van der Waals surface area contributed by atoms with E-state index in [0.29, 0.717) is 11.9 Å². The van der Waals surface area contributed by atoms with Crippen LogP contribution in [0.4, 0.5) is 11.6 Å². The van der Waals surface area contributed by atoms with Crippen LogP contribution in [-0.2, 0) is 6.54 Å². The van der Waals surface area contributed by atoms with Crippen LogP contribution in [0.3, 0.4) is 0 Å². The zero-order valence-electron chi connectivity index (χ0n) is 18.1. The third-order valence-electron chi connectivity index (χ3n) is 6.23. The van der Waals surface area contributed by atoms with Crippen LogP contribution in [0.25, 0.3) is 22.0 Å². The molecule has 0 atom stereocenters. The van der Waals surface area contributed by atoms with E-state index in [2.05, 4.69) is 82.9 Å². The first-order valence-electron chi connectivity index (χ1n) is 11.0. The highest BCUT2D eigenvalue weighted by Gasteiger charge is 2.18. The molecule has 4 aromatic rings. The second-order valence-electron chi connectivity index (χ2n) is 8.38. The van der Waals surface area contributed by atoms with Crippen LogP contribution in [0, 0.1) is 0 Å². The molecule has 6 heteroatoms. The van der Waals surface area contributed by atoms with E-state index in [0.717, 1.165) is 34.3 Å². The first kappa shape index (κ1) is 19.7. The van der Waals surface area contributed by atoms with Gasteiger partial charge in [-0.05, 0) is 75.1 Å². The van der Waals surface area contributed by atoms with Crippen LogP contribution >= 0.6 is 0 Å². The summed E-state index contributed by atoms with van der Waals surface area (Å²) in [5.41, 5.74) is 5.56. The molecule has 0 radical (unpaired) electrons. The summed E-state index contributed by atoms with van der Waals surface area (Å²) in [6.07, 6.45) is 8.30. The van der Waals surface area contributed by atoms with Crippen molar-refractivity contribution in [2.75, 3.05) is 25.5 Å². The zero-order valence-corrected chi connectivity index (χ0v) is 18.1. The molecule has 6 nitrogen and oxygen atoms in total. The lowest BCUT2D eigenvalue weighted by Gasteiger charge is -2.29. The molecular formula is C25H28N6. The van der Waals surface area contributed by atoms with Gasteiger partial charge in [-0.15, -0.1) is 0 Å². The number of anilines is 2. The van der Waals surface area contributed by atoms with E-state index >= 15 is 0 Å². The predicted octanol–water partition coefficient (Wildman–Crippen LogP) is 5.07. The lowest BCUT2D eigenvalue weighted by atomic mass is 9.89. The number of nitrogens with zero attached hydrogens (tertiary/aromatic N) is 5. The Morgan fingerprint density at radius 3 is 2.55 bits per heavy atom. The van der Waals surface area contributed by atoms with E-state index in [1.54, 1.807) is 0 Å². The number of aryl methyl sites for hydroxylation is 1. The van der Waals surface area contributed by atoms with Gasteiger partial charge >= 0.3 is 0 Å². The quantitative estimate of drug-likeness (QED) is 0.496. The molecule has 5 rings (SSSR count). The molecule has 0 amide bonds. The number of aromatic nitrogens is 4. The maximum absolute atomic E-state index is 4.75. The maximum Gasteiger partial charge on any atom is 0.227 e. The highest BCUT2D eigenvalue weighted by atomic mass is 15.3. The third-order valence-corrected chi connectivity index (χ3v) is 6.23. The van der Waals surface area contributed by atoms with Crippen molar-refractivity contribution in [3.05, 3.63) is 66.6 Å². The monoisotopic (exact) mass is 412 g/mol. The molecular weight excluding hydrogens is 384 g/mol. The van der Waals surface area contributed by atoms with Crippen molar-refractivity contribution in [3.8, 4) is 11.1 Å². The van der Waals surface area contributed by atoms with Crippen molar-refractivity contribution in [2.45, 2.75) is 32.2 Å². The Morgan fingerprint density at radius 2 is 1.81 bits per heavy atom. The standard InChI is InChI=1S/C25H28N6/c1-3-31-17-22(16-27-31)20-4-5-21-15-26-25(29-24(21)14-20)28-23-8-6-18(7-9-23)19-10-12-30(2)13-11-19/h4-9,14-17,19H,3,10-13H2,1-2H3,(H,26,28,29). The number of benzene rings is 2. The topological polar surface area (TPSA) is 58.9 Å². The number of rotatable bonds is 5. The van der Waals surface area contributed by atoms with Crippen molar-refractivity contribution >= 4 is 22.5 Å². The molecule has 3 heterocycles. The zero-order chi connectivity index (χ0) is 21.2. The Bertz CT molecular complexity index is 1170. The minimum absolute atomic E-state index is 0.612. The predicted molar refractivity (Wildman–Crippen MR) is 126 cm³/mol. The summed E-state index contributed by atoms with van der Waals surface area (Å²) in [4.78, 5) is 11.7. The van der Waals surface area contributed by atoms with Gasteiger partial charge in [0.25, 0.3) is 0 Å². The van der Waals surface area contributed by atoms with Crippen molar-refractivity contribution in [2.24, 2.45) is 0 Å². The molecule has 1 aliphatic heterocycles. The molecule has 1 saturated heterocycles. The third kappa shape index (κ3) is 4.30. The van der Waals surface area contributed by atoms with Gasteiger partial charge in [0.1, 0.15) is 0 Å². The Balaban J connectivity index is 1.34. The van der Waals surface area contributed by atoms with Gasteiger partial charge in [0.2, 0.25) is 5.95 Å². The van der Waals surface area contributed by atoms with Gasteiger partial charge in [-0.2, -0.15) is 5.10 Å². The molecule has 0 spiro atoms. The minimum atomic E-state index is 0.612. The lowest BCUT2D eigenvalue weighted by Crippen LogP contribution is -2.29. The summed E-state index contributed by atoms with van der Waals surface area (Å²) in [6, 6.07) is 15.0. The minimum Gasteiger partial charge on any atom is -0.324 e. The summed E-state index contributed by atoms with van der Waals surface area (Å²) in [6.45, 7) is 5.30. The van der Waals surface area contributed by atoms with Gasteiger partial charge in [0, 0.05) is 35.6 Å². The van der Waals surface area contributed by atoms with Gasteiger partial charge < -0.3 is 10.2 Å². The summed E-state index contributed by atoms with van der Waals surface area (Å²) in [5, 5.41) is 8.76. The second kappa shape index (κ2) is 8.47. The highest BCUT2D eigenvalue weighted by Crippen LogP contribution is 2.29. The molecule has 0 aliphatic carbocycles. The van der Waals surface area contributed by atoms with Crippen LogP contribution in [0.5, 0.6) is 0 Å². The fourth-order valence-corrected chi connectivity index (χ4v) is 4.26. The van der Waals surface area contributed by atoms with Crippen LogP contribution in [0.1, 0.15) is 31.2 Å². The van der Waals surface area contributed by atoms with Crippen LogP contribution < -0.4 is 5.32 Å². The van der Waals surface area contributed by atoms with Crippen LogP contribution in [-0.4, -0.2) is 44.8 Å². The Labute approximate surface area is 182 Å². The maximum atomic E-state index is 4.75. The van der Waals surface area contributed by atoms with E-state index in [1.165, 1.54) is 31.5 Å². The molecule has 0 saturated carbocycles. The van der Waals surface area contributed by atoms with Crippen molar-refractivity contribution in [3.63, 3.8) is 0 Å². The molecule has 0 bridgehead atoms. The van der Waals surface area contributed by atoms with E-state index < -0.39 is 0 Å². The molecule has 1 fully saturated rings. The molecule has 1 aliphatic rings. The van der Waals surface area contributed by atoms with Crippen LogP contribution in [0.15, 0.2) is 61.1 Å². The number of piperidine rings is 1. The fourth-order valence-electron chi connectivity index (χ4n) is 4.26. The number of hydrogen-bond acceptors (Lipinski definition) is 5. The van der Waals surface area contributed by atoms with Gasteiger partial charge in [0.15, 0.2) is 0 Å². The molecule has 0 unspecified atom stereocenters. The van der Waals surface area contributed by atoms with Gasteiger partial charge in [-0.3, -0.25) is 4.68 Å². The number of likely N-dealkylation sites (tertiary alicyclic amines) is 1. The van der Waals surface area contributed by atoms with E-state index in [1.807, 2.05) is 17.1 Å². The van der Waals surface area contributed by atoms with Crippen LogP contribution in [0.2, 0.25) is 0 Å². The first-order valence-corrected chi connectivity index (χ1v) is 11.0. The lowest BCUT2D eigenvalue weighted by molar-refractivity contribution is 0.255. The number of fused-ring (bicyclic) bond motifs is 1. The van der Waals surface area contributed by atoms with Crippen molar-refractivity contribution < 1.29 is 0 Å². The number of hydrogen-bond donors (Lipinski definition) is 1. The van der Waals surface area contributed by atoms with Crippen molar-refractivity contribution in [1.82, 2.24) is 24.6 Å². The SMILES string of the molecule is CCn1cc(-c2ccc3cnc(Nc4ccc(C5CCN(C)CC5)cc4)nc3c2)cn1. The molecule has 2 aromatic heterocycles. The van der Waals surface area contributed by atoms with Gasteiger partial charge in [0.05, 0.1) is 11.7 Å². The van der Waals surface area contributed by atoms with Gasteiger partial charge in [-0.1, -0.05) is 24.3 Å². The Morgan fingerprint density at radius 1 is 1.00 bits per heavy atom. The fraction of sp³-hybridized carbons (Fsp3) is 0.320. The van der Waals surface area contributed by atoms with E-state index in [9.17, 15) is 0 Å². The first-order chi connectivity index (χ1) is 15.2. The average Bonchev–Trinajstić information content (AvgIpc) is 3.29. The average molecular weight is 413 g/mol. The molecule has 1 N–H and O–H groups in total. The highest BCUT2D eigenvalue weighted by molar-refractivity contribution is 5.84. The molecule has 31 heavy (non-hydrogen) atoms. The van der Waals surface area contributed by atoms with Crippen molar-refractivity contribution in [1.29, 1.82) is 0 Å². The smallest absolute Gasteiger partial charge is 0.227 e. The Hall–Kier alpha value is -3.25. The summed E-state index contributed by atoms with van der Waals surface area (Å²) >= 11 is 0. The second-order valence-corrected chi connectivity index (χ2v) is 8.38. The van der Waals surface area contributed by atoms with E-state index in [-0.39, 0.29) is 0 Å². The van der Waals surface area contributed by atoms with E-state index in [4.69, 9.17) is 4.98 Å².